The Morgan fingerprint density at radius 1 is 1.19 bits per heavy atom. The van der Waals surface area contributed by atoms with Crippen LogP contribution in [-0.2, 0) is 11.3 Å². The number of hydrazone groups is 1. The number of rotatable bonds is 7. The van der Waals surface area contributed by atoms with Crippen LogP contribution < -0.4 is 5.43 Å². The number of fused-ring (bicyclic) bond motifs is 1. The summed E-state index contributed by atoms with van der Waals surface area (Å²) in [6, 6.07) is 13.8. The molecule has 1 aromatic heterocycles. The molecule has 0 atom stereocenters. The number of unbranched alkanes of at least 4 members (excludes halogenated alkanes) is 1. The van der Waals surface area contributed by atoms with Crippen molar-refractivity contribution in [1.29, 1.82) is 0 Å². The van der Waals surface area contributed by atoms with Gasteiger partial charge in [-0.05, 0) is 42.7 Å². The number of nitrogens with one attached hydrogen (secondary N) is 1. The summed E-state index contributed by atoms with van der Waals surface area (Å²) in [4.78, 5) is 16.6. The Kier molecular flexibility index (Phi) is 5.73. The van der Waals surface area contributed by atoms with Crippen LogP contribution in [0.15, 0.2) is 60.0 Å². The zero-order chi connectivity index (χ0) is 18.4. The van der Waals surface area contributed by atoms with Crippen molar-refractivity contribution < 1.29 is 9.18 Å². The summed E-state index contributed by atoms with van der Waals surface area (Å²) in [6.07, 6.45) is 4.32. The Labute approximate surface area is 151 Å². The average molecular weight is 352 g/mol. The maximum Gasteiger partial charge on any atom is 0.260 e. The van der Waals surface area contributed by atoms with Crippen molar-refractivity contribution in [3.05, 3.63) is 66.2 Å². The van der Waals surface area contributed by atoms with Crippen LogP contribution in [0.5, 0.6) is 0 Å². The normalized spacial score (nSPS) is 11.7. The minimum absolute atomic E-state index is 0.133. The first-order valence-corrected chi connectivity index (χ1v) is 8.68. The summed E-state index contributed by atoms with van der Waals surface area (Å²) in [7, 11) is 0. The molecule has 2 aromatic carbocycles. The number of hydrogen-bond acceptors (Lipinski definition) is 3. The molecule has 0 spiro atoms. The molecule has 26 heavy (non-hydrogen) atoms. The Morgan fingerprint density at radius 3 is 2.73 bits per heavy atom. The van der Waals surface area contributed by atoms with E-state index in [4.69, 9.17) is 0 Å². The first kappa shape index (κ1) is 17.8. The van der Waals surface area contributed by atoms with Crippen molar-refractivity contribution in [3.63, 3.8) is 0 Å². The molecule has 0 aliphatic rings. The molecular weight excluding hydrogens is 331 g/mol. The number of carbonyl (C=O) groups excluding carboxylic acids is 1. The van der Waals surface area contributed by atoms with Gasteiger partial charge in [0.15, 0.2) is 0 Å². The molecule has 1 amide bonds. The topological polar surface area (TPSA) is 59.3 Å². The minimum atomic E-state index is -0.292. The van der Waals surface area contributed by atoms with E-state index in [2.05, 4.69) is 22.4 Å². The van der Waals surface area contributed by atoms with Gasteiger partial charge in [-0.15, -0.1) is 0 Å². The van der Waals surface area contributed by atoms with Crippen molar-refractivity contribution in [2.45, 2.75) is 32.7 Å². The fourth-order valence-corrected chi connectivity index (χ4v) is 2.71. The highest BCUT2D eigenvalue weighted by Crippen LogP contribution is 2.12. The lowest BCUT2D eigenvalue weighted by molar-refractivity contribution is -0.121. The van der Waals surface area contributed by atoms with E-state index in [0.717, 1.165) is 41.6 Å². The molecule has 0 fully saturated rings. The minimum Gasteiger partial charge on any atom is -0.321 e. The van der Waals surface area contributed by atoms with Crippen LogP contribution in [0.2, 0.25) is 0 Å². The van der Waals surface area contributed by atoms with Crippen LogP contribution in [0, 0.1) is 5.82 Å². The largest absolute Gasteiger partial charge is 0.321 e. The number of para-hydroxylation sites is 2. The van der Waals surface area contributed by atoms with Crippen molar-refractivity contribution >= 4 is 22.7 Å². The smallest absolute Gasteiger partial charge is 0.260 e. The molecular formula is C20H21FN4O. The molecule has 0 saturated heterocycles. The van der Waals surface area contributed by atoms with Gasteiger partial charge in [-0.1, -0.05) is 37.6 Å². The number of nitrogens with zero attached hydrogens (tertiary/aromatic N) is 3. The number of carbonyl (C=O) groups is 1. The molecule has 6 heteroatoms. The molecule has 0 aliphatic carbocycles. The van der Waals surface area contributed by atoms with Gasteiger partial charge in [-0.2, -0.15) is 5.10 Å². The molecule has 3 rings (SSSR count). The Bertz CT molecular complexity index is 915. The fraction of sp³-hybridized carbons (Fsp3) is 0.250. The van der Waals surface area contributed by atoms with Gasteiger partial charge in [0.1, 0.15) is 12.4 Å². The number of halogens is 1. The van der Waals surface area contributed by atoms with Crippen LogP contribution in [0.4, 0.5) is 4.39 Å². The summed E-state index contributed by atoms with van der Waals surface area (Å²) < 4.78 is 14.9. The van der Waals surface area contributed by atoms with Crippen LogP contribution >= 0.6 is 0 Å². The number of benzene rings is 2. The van der Waals surface area contributed by atoms with E-state index < -0.39 is 0 Å². The molecule has 0 unspecified atom stereocenters. The van der Waals surface area contributed by atoms with Gasteiger partial charge in [0, 0.05) is 0 Å². The van der Waals surface area contributed by atoms with Gasteiger partial charge in [-0.3, -0.25) is 4.79 Å². The zero-order valence-electron chi connectivity index (χ0n) is 14.7. The molecule has 1 heterocycles. The SMILES string of the molecule is CCCC/C(=N/NC(=O)Cn1cnc2ccccc21)c1ccc(F)cc1. The van der Waals surface area contributed by atoms with Gasteiger partial charge in [0.2, 0.25) is 0 Å². The van der Waals surface area contributed by atoms with E-state index >= 15 is 0 Å². The van der Waals surface area contributed by atoms with Gasteiger partial charge in [0.05, 0.1) is 23.1 Å². The molecule has 134 valence electrons. The third-order valence-corrected chi connectivity index (χ3v) is 4.10. The summed E-state index contributed by atoms with van der Waals surface area (Å²) >= 11 is 0. The van der Waals surface area contributed by atoms with E-state index in [9.17, 15) is 9.18 Å². The highest BCUT2D eigenvalue weighted by Gasteiger charge is 2.08. The summed E-state index contributed by atoms with van der Waals surface area (Å²) in [5.74, 6) is -0.524. The number of amides is 1. The Hall–Kier alpha value is -3.02. The molecule has 0 radical (unpaired) electrons. The summed E-state index contributed by atoms with van der Waals surface area (Å²) in [5.41, 5.74) is 5.92. The molecule has 3 aromatic rings. The lowest BCUT2D eigenvalue weighted by Crippen LogP contribution is -2.24. The lowest BCUT2D eigenvalue weighted by Gasteiger charge is -2.08. The number of aromatic nitrogens is 2. The maximum atomic E-state index is 13.1. The Morgan fingerprint density at radius 2 is 1.96 bits per heavy atom. The van der Waals surface area contributed by atoms with Crippen LogP contribution in [0.3, 0.4) is 0 Å². The van der Waals surface area contributed by atoms with E-state index in [1.807, 2.05) is 24.3 Å². The van der Waals surface area contributed by atoms with E-state index in [-0.39, 0.29) is 18.3 Å². The van der Waals surface area contributed by atoms with E-state index in [1.54, 1.807) is 23.0 Å². The Balaban J connectivity index is 1.71. The van der Waals surface area contributed by atoms with Crippen LogP contribution in [0.1, 0.15) is 31.7 Å². The predicted molar refractivity (Wildman–Crippen MR) is 100 cm³/mol. The van der Waals surface area contributed by atoms with Gasteiger partial charge in [-0.25, -0.2) is 14.8 Å². The van der Waals surface area contributed by atoms with Crippen molar-refractivity contribution in [2.24, 2.45) is 5.10 Å². The summed E-state index contributed by atoms with van der Waals surface area (Å²) in [6.45, 7) is 2.22. The highest BCUT2D eigenvalue weighted by atomic mass is 19.1. The van der Waals surface area contributed by atoms with Crippen LogP contribution in [-0.4, -0.2) is 21.2 Å². The second-order valence-electron chi connectivity index (χ2n) is 6.07. The molecule has 5 nitrogen and oxygen atoms in total. The number of hydrogen-bond donors (Lipinski definition) is 1. The quantitative estimate of drug-likeness (QED) is 0.518. The van der Waals surface area contributed by atoms with Crippen molar-refractivity contribution in [3.8, 4) is 0 Å². The third kappa shape index (κ3) is 4.33. The molecule has 1 N–H and O–H groups in total. The third-order valence-electron chi connectivity index (χ3n) is 4.10. The van der Waals surface area contributed by atoms with Gasteiger partial charge >= 0.3 is 0 Å². The molecule has 0 saturated carbocycles. The zero-order valence-corrected chi connectivity index (χ0v) is 14.7. The maximum absolute atomic E-state index is 13.1. The fourth-order valence-electron chi connectivity index (χ4n) is 2.71. The molecule has 0 bridgehead atoms. The lowest BCUT2D eigenvalue weighted by atomic mass is 10.1. The first-order chi connectivity index (χ1) is 12.7. The second kappa shape index (κ2) is 8.38. The molecule has 0 aliphatic heterocycles. The van der Waals surface area contributed by atoms with Crippen LogP contribution in [0.25, 0.3) is 11.0 Å². The van der Waals surface area contributed by atoms with Gasteiger partial charge < -0.3 is 4.57 Å². The standard InChI is InChI=1S/C20H21FN4O/c1-2-3-6-17(15-9-11-16(21)12-10-15)23-24-20(26)13-25-14-22-18-7-4-5-8-19(18)25/h4-5,7-12,14H,2-3,6,13H2,1H3,(H,24,26)/b23-17-. The second-order valence-corrected chi connectivity index (χ2v) is 6.07. The highest BCUT2D eigenvalue weighted by molar-refractivity contribution is 6.01. The van der Waals surface area contributed by atoms with Crippen molar-refractivity contribution in [2.75, 3.05) is 0 Å². The van der Waals surface area contributed by atoms with E-state index in [0.29, 0.717) is 0 Å². The number of imidazole rings is 1. The monoisotopic (exact) mass is 352 g/mol. The predicted octanol–water partition coefficient (Wildman–Crippen LogP) is 3.89. The summed E-state index contributed by atoms with van der Waals surface area (Å²) in [5, 5.41) is 4.28. The van der Waals surface area contributed by atoms with E-state index in [1.165, 1.54) is 12.1 Å². The van der Waals surface area contributed by atoms with Crippen molar-refractivity contribution in [1.82, 2.24) is 15.0 Å². The average Bonchev–Trinajstić information content (AvgIpc) is 3.06. The van der Waals surface area contributed by atoms with Gasteiger partial charge in [0.25, 0.3) is 5.91 Å². The first-order valence-electron chi connectivity index (χ1n) is 8.68.